The van der Waals surface area contributed by atoms with Gasteiger partial charge in [0.1, 0.15) is 29.0 Å². The molecule has 0 saturated carbocycles. The van der Waals surface area contributed by atoms with Crippen molar-refractivity contribution in [2.75, 3.05) is 11.9 Å². The fourth-order valence-corrected chi connectivity index (χ4v) is 2.70. The second-order valence-corrected chi connectivity index (χ2v) is 5.79. The Kier molecular flexibility index (Phi) is 3.66. The van der Waals surface area contributed by atoms with E-state index in [1.165, 1.54) is 6.33 Å². The number of benzene rings is 1. The summed E-state index contributed by atoms with van der Waals surface area (Å²) in [6.45, 7) is 0.574. The molecule has 0 amide bonds. The van der Waals surface area contributed by atoms with Crippen LogP contribution in [0, 0.1) is 0 Å². The van der Waals surface area contributed by atoms with E-state index in [-0.39, 0.29) is 0 Å². The zero-order valence-electron chi connectivity index (χ0n) is 12.8. The van der Waals surface area contributed by atoms with Gasteiger partial charge in [-0.3, -0.25) is 0 Å². The number of hydrogen-bond acceptors (Lipinski definition) is 6. The third-order valence-electron chi connectivity index (χ3n) is 3.71. The number of rotatable bonds is 4. The summed E-state index contributed by atoms with van der Waals surface area (Å²) < 4.78 is 10.8. The lowest BCUT2D eigenvalue weighted by Crippen LogP contribution is -2.17. The minimum absolute atomic E-state index is 0.441. The van der Waals surface area contributed by atoms with Crippen LogP contribution in [0.4, 0.5) is 5.82 Å². The molecule has 0 unspecified atom stereocenters. The van der Waals surface area contributed by atoms with Crippen LogP contribution in [0.2, 0.25) is 5.02 Å². The summed E-state index contributed by atoms with van der Waals surface area (Å²) in [6.07, 6.45) is 3.12. The van der Waals surface area contributed by atoms with Crippen molar-refractivity contribution >= 4 is 28.5 Å². The molecule has 24 heavy (non-hydrogen) atoms. The van der Waals surface area contributed by atoms with E-state index in [9.17, 15) is 0 Å². The summed E-state index contributed by atoms with van der Waals surface area (Å²) in [5, 5.41) is 5.59. The van der Waals surface area contributed by atoms with Crippen molar-refractivity contribution in [1.29, 1.82) is 0 Å². The Bertz CT molecular complexity index is 964. The maximum Gasteiger partial charge on any atom is 0.263 e. The summed E-state index contributed by atoms with van der Waals surface area (Å²) in [7, 11) is 1.93. The normalized spacial score (nSPS) is 11.1. The first-order valence-corrected chi connectivity index (χ1v) is 7.70. The molecular weight excluding hydrogens is 328 g/mol. The number of anilines is 1. The number of aromatic nitrogens is 3. The molecule has 7 heteroatoms. The smallest absolute Gasteiger partial charge is 0.263 e. The van der Waals surface area contributed by atoms with Gasteiger partial charge in [-0.1, -0.05) is 28.9 Å². The fourth-order valence-electron chi connectivity index (χ4n) is 2.58. The summed E-state index contributed by atoms with van der Waals surface area (Å²) in [6, 6.07) is 11.2. The standard InChI is InChI=1S/C17H13ClN4O2/c1-22(9-13-3-2-8-23-13)16-14-15(11-4-6-12(18)7-5-11)21-24-17(14)20-10-19-16/h2-8,10H,9H2,1H3. The Morgan fingerprint density at radius 3 is 2.71 bits per heavy atom. The molecular formula is C17H13ClN4O2. The van der Waals surface area contributed by atoms with Crippen molar-refractivity contribution in [3.8, 4) is 11.3 Å². The molecule has 3 heterocycles. The van der Waals surface area contributed by atoms with Crippen LogP contribution in [0.1, 0.15) is 5.76 Å². The predicted molar refractivity (Wildman–Crippen MR) is 90.9 cm³/mol. The summed E-state index contributed by atoms with van der Waals surface area (Å²) in [5.74, 6) is 1.57. The highest BCUT2D eigenvalue weighted by molar-refractivity contribution is 6.30. The van der Waals surface area contributed by atoms with Crippen molar-refractivity contribution in [3.05, 3.63) is 59.8 Å². The van der Waals surface area contributed by atoms with Gasteiger partial charge in [0.15, 0.2) is 0 Å². The van der Waals surface area contributed by atoms with Crippen LogP contribution >= 0.6 is 11.6 Å². The van der Waals surface area contributed by atoms with E-state index in [0.717, 1.165) is 22.5 Å². The highest BCUT2D eigenvalue weighted by Crippen LogP contribution is 2.33. The van der Waals surface area contributed by atoms with Gasteiger partial charge in [0.25, 0.3) is 5.71 Å². The zero-order chi connectivity index (χ0) is 16.5. The first-order valence-electron chi connectivity index (χ1n) is 7.32. The Morgan fingerprint density at radius 1 is 1.12 bits per heavy atom. The largest absolute Gasteiger partial charge is 0.467 e. The number of furan rings is 1. The van der Waals surface area contributed by atoms with E-state index in [1.54, 1.807) is 6.26 Å². The molecule has 0 aliphatic heterocycles. The van der Waals surface area contributed by atoms with Crippen molar-refractivity contribution in [2.45, 2.75) is 6.54 Å². The molecule has 4 rings (SSSR count). The highest BCUT2D eigenvalue weighted by atomic mass is 35.5. The molecule has 0 radical (unpaired) electrons. The van der Waals surface area contributed by atoms with Gasteiger partial charge < -0.3 is 13.8 Å². The molecule has 0 aliphatic rings. The van der Waals surface area contributed by atoms with E-state index in [0.29, 0.717) is 23.0 Å². The van der Waals surface area contributed by atoms with Crippen LogP contribution in [0.25, 0.3) is 22.4 Å². The van der Waals surface area contributed by atoms with Gasteiger partial charge in [-0.2, -0.15) is 4.98 Å². The predicted octanol–water partition coefficient (Wildman–Crippen LogP) is 4.17. The molecule has 120 valence electrons. The molecule has 3 aromatic heterocycles. The van der Waals surface area contributed by atoms with Crippen LogP contribution in [-0.2, 0) is 6.54 Å². The van der Waals surface area contributed by atoms with Gasteiger partial charge >= 0.3 is 0 Å². The second-order valence-electron chi connectivity index (χ2n) is 5.35. The van der Waals surface area contributed by atoms with Crippen LogP contribution in [-0.4, -0.2) is 22.2 Å². The number of fused-ring (bicyclic) bond motifs is 1. The lowest BCUT2D eigenvalue weighted by Gasteiger charge is -2.17. The first kappa shape index (κ1) is 14.7. The molecule has 0 N–H and O–H groups in total. The maximum absolute atomic E-state index is 5.97. The number of nitrogens with zero attached hydrogens (tertiary/aromatic N) is 4. The molecule has 0 atom stereocenters. The molecule has 6 nitrogen and oxygen atoms in total. The topological polar surface area (TPSA) is 68.2 Å². The van der Waals surface area contributed by atoms with Crippen LogP contribution in [0.3, 0.4) is 0 Å². The third-order valence-corrected chi connectivity index (χ3v) is 3.96. The average Bonchev–Trinajstić information content (AvgIpc) is 3.24. The molecule has 0 saturated heterocycles. The van der Waals surface area contributed by atoms with Crippen LogP contribution in [0.15, 0.2) is 57.9 Å². The Hall–Kier alpha value is -2.86. The van der Waals surface area contributed by atoms with Crippen molar-refractivity contribution in [3.63, 3.8) is 0 Å². The third kappa shape index (κ3) is 2.61. The van der Waals surface area contributed by atoms with Gasteiger partial charge in [-0.15, -0.1) is 0 Å². The number of hydrogen-bond donors (Lipinski definition) is 0. The van der Waals surface area contributed by atoms with E-state index in [2.05, 4.69) is 15.1 Å². The summed E-state index contributed by atoms with van der Waals surface area (Å²) in [4.78, 5) is 10.6. The van der Waals surface area contributed by atoms with Gasteiger partial charge in [0.05, 0.1) is 12.8 Å². The minimum atomic E-state index is 0.441. The molecule has 0 spiro atoms. The SMILES string of the molecule is CN(Cc1ccco1)c1ncnc2onc(-c3ccc(Cl)cc3)c12. The first-order chi connectivity index (χ1) is 11.7. The van der Waals surface area contributed by atoms with Crippen LogP contribution in [0.5, 0.6) is 0 Å². The molecule has 0 aliphatic carbocycles. The quantitative estimate of drug-likeness (QED) is 0.555. The fraction of sp³-hybridized carbons (Fsp3) is 0.118. The summed E-state index contributed by atoms with van der Waals surface area (Å²) >= 11 is 5.97. The van der Waals surface area contributed by atoms with Crippen molar-refractivity contribution in [1.82, 2.24) is 15.1 Å². The monoisotopic (exact) mass is 340 g/mol. The van der Waals surface area contributed by atoms with E-state index in [1.807, 2.05) is 48.3 Å². The van der Waals surface area contributed by atoms with Crippen molar-refractivity contribution < 1.29 is 8.94 Å². The van der Waals surface area contributed by atoms with E-state index >= 15 is 0 Å². The lowest BCUT2D eigenvalue weighted by molar-refractivity contribution is 0.451. The van der Waals surface area contributed by atoms with E-state index < -0.39 is 0 Å². The van der Waals surface area contributed by atoms with Gasteiger partial charge in [0.2, 0.25) is 0 Å². The average molecular weight is 341 g/mol. The van der Waals surface area contributed by atoms with Gasteiger partial charge in [-0.25, -0.2) is 4.98 Å². The van der Waals surface area contributed by atoms with E-state index in [4.69, 9.17) is 20.5 Å². The van der Waals surface area contributed by atoms with Gasteiger partial charge in [0, 0.05) is 17.6 Å². The summed E-state index contributed by atoms with van der Waals surface area (Å²) in [5.41, 5.74) is 2.01. The zero-order valence-corrected chi connectivity index (χ0v) is 13.6. The molecule has 1 aromatic carbocycles. The Balaban J connectivity index is 1.81. The van der Waals surface area contributed by atoms with Crippen LogP contribution < -0.4 is 4.90 Å². The Labute approximate surface area is 142 Å². The lowest BCUT2D eigenvalue weighted by atomic mass is 10.1. The second kappa shape index (κ2) is 5.98. The Morgan fingerprint density at radius 2 is 1.96 bits per heavy atom. The molecule has 4 aromatic rings. The van der Waals surface area contributed by atoms with Crippen molar-refractivity contribution in [2.24, 2.45) is 0 Å². The minimum Gasteiger partial charge on any atom is -0.467 e. The molecule has 0 fully saturated rings. The maximum atomic E-state index is 5.97. The highest BCUT2D eigenvalue weighted by Gasteiger charge is 2.19. The van der Waals surface area contributed by atoms with Gasteiger partial charge in [-0.05, 0) is 24.3 Å². The molecule has 0 bridgehead atoms. The number of halogens is 1.